The van der Waals surface area contributed by atoms with E-state index in [1.807, 2.05) is 24.3 Å². The highest BCUT2D eigenvalue weighted by molar-refractivity contribution is 8.18. The van der Waals surface area contributed by atoms with Gasteiger partial charge in [-0.3, -0.25) is 14.5 Å². The summed E-state index contributed by atoms with van der Waals surface area (Å²) in [7, 11) is 0. The Balaban J connectivity index is 1.51. The third-order valence-corrected chi connectivity index (χ3v) is 6.18. The number of hydrogen-bond donors (Lipinski definition) is 0. The minimum absolute atomic E-state index is 0.141. The molecular weight excluding hydrogens is 399 g/mol. The van der Waals surface area contributed by atoms with Gasteiger partial charge < -0.3 is 4.90 Å². The Morgan fingerprint density at radius 2 is 1.79 bits per heavy atom. The summed E-state index contributed by atoms with van der Waals surface area (Å²) in [5, 5.41) is -0.232. The average Bonchev–Trinajstić information content (AvgIpc) is 3.30. The fourth-order valence-electron chi connectivity index (χ4n) is 3.39. The molecule has 2 aliphatic rings. The van der Waals surface area contributed by atoms with Crippen molar-refractivity contribution in [2.45, 2.75) is 19.4 Å². The van der Waals surface area contributed by atoms with Crippen LogP contribution in [0.4, 0.5) is 14.9 Å². The van der Waals surface area contributed by atoms with E-state index in [1.54, 1.807) is 6.08 Å². The zero-order valence-electron chi connectivity index (χ0n) is 15.0. The van der Waals surface area contributed by atoms with Crippen LogP contribution < -0.4 is 4.90 Å². The number of thioether (sulfide) groups is 1. The number of rotatable bonds is 4. The lowest BCUT2D eigenvalue weighted by Gasteiger charge is -2.17. The number of amides is 2. The highest BCUT2D eigenvalue weighted by Gasteiger charge is 2.35. The van der Waals surface area contributed by atoms with E-state index in [0.29, 0.717) is 4.91 Å². The average molecular weight is 417 g/mol. The standard InChI is InChI=1S/C21H18ClFN2O2S/c22-17-4-3-5-18(23)16(17)13-25-20(26)19(28-21(25)27)12-14-6-8-15(9-7-14)24-10-1-2-11-24/h3-9,12H,1-2,10-11,13H2/b19-12+. The molecule has 0 radical (unpaired) electrons. The molecule has 0 saturated carbocycles. The third-order valence-electron chi connectivity index (χ3n) is 4.91. The van der Waals surface area contributed by atoms with Gasteiger partial charge in [-0.15, -0.1) is 0 Å². The number of carbonyl (C=O) groups excluding carboxylic acids is 2. The summed E-state index contributed by atoms with van der Waals surface area (Å²) in [5.74, 6) is -0.967. The summed E-state index contributed by atoms with van der Waals surface area (Å²) in [6.45, 7) is 1.95. The number of halogens is 2. The molecule has 0 bridgehead atoms. The summed E-state index contributed by atoms with van der Waals surface area (Å²) in [6, 6.07) is 12.2. The van der Waals surface area contributed by atoms with Crippen LogP contribution in [0.5, 0.6) is 0 Å². The van der Waals surface area contributed by atoms with Crippen LogP contribution in [0.25, 0.3) is 6.08 Å². The zero-order valence-corrected chi connectivity index (χ0v) is 16.6. The predicted molar refractivity (Wildman–Crippen MR) is 111 cm³/mol. The van der Waals surface area contributed by atoms with Crippen LogP contribution in [-0.4, -0.2) is 29.1 Å². The van der Waals surface area contributed by atoms with Gasteiger partial charge in [0.2, 0.25) is 0 Å². The number of imide groups is 1. The highest BCUT2D eigenvalue weighted by atomic mass is 35.5. The molecule has 2 amide bonds. The minimum Gasteiger partial charge on any atom is -0.372 e. The maximum absolute atomic E-state index is 14.0. The molecule has 0 spiro atoms. The van der Waals surface area contributed by atoms with E-state index in [4.69, 9.17) is 11.6 Å². The Morgan fingerprint density at radius 1 is 1.07 bits per heavy atom. The van der Waals surface area contributed by atoms with Gasteiger partial charge >= 0.3 is 0 Å². The van der Waals surface area contributed by atoms with Gasteiger partial charge in [-0.2, -0.15) is 0 Å². The molecule has 28 heavy (non-hydrogen) atoms. The van der Waals surface area contributed by atoms with E-state index in [2.05, 4.69) is 4.90 Å². The quantitative estimate of drug-likeness (QED) is 0.633. The van der Waals surface area contributed by atoms with Crippen molar-refractivity contribution >= 4 is 46.3 Å². The predicted octanol–water partition coefficient (Wildman–Crippen LogP) is 5.32. The van der Waals surface area contributed by atoms with E-state index < -0.39 is 17.0 Å². The van der Waals surface area contributed by atoms with Crippen LogP contribution in [-0.2, 0) is 11.3 Å². The van der Waals surface area contributed by atoms with Crippen LogP contribution in [0.3, 0.4) is 0 Å². The van der Waals surface area contributed by atoms with Gasteiger partial charge in [-0.05, 0) is 60.5 Å². The van der Waals surface area contributed by atoms with Gasteiger partial charge in [0.1, 0.15) is 5.82 Å². The maximum Gasteiger partial charge on any atom is 0.293 e. The lowest BCUT2D eigenvalue weighted by molar-refractivity contribution is -0.123. The summed E-state index contributed by atoms with van der Waals surface area (Å²) in [4.78, 5) is 28.6. The monoisotopic (exact) mass is 416 g/mol. The molecule has 4 nitrogen and oxygen atoms in total. The first-order valence-corrected chi connectivity index (χ1v) is 10.3. The van der Waals surface area contributed by atoms with E-state index >= 15 is 0 Å². The van der Waals surface area contributed by atoms with Gasteiger partial charge in [0.15, 0.2) is 0 Å². The molecular formula is C21H18ClFN2O2S. The summed E-state index contributed by atoms with van der Waals surface area (Å²) >= 11 is 6.88. The van der Waals surface area contributed by atoms with Gasteiger partial charge in [0.25, 0.3) is 11.1 Å². The largest absolute Gasteiger partial charge is 0.372 e. The second-order valence-corrected chi connectivity index (χ2v) is 8.15. The Labute approximate surface area is 172 Å². The number of anilines is 1. The van der Waals surface area contributed by atoms with E-state index in [-0.39, 0.29) is 17.1 Å². The van der Waals surface area contributed by atoms with E-state index in [1.165, 1.54) is 31.0 Å². The maximum atomic E-state index is 14.0. The third kappa shape index (κ3) is 3.80. The first-order chi connectivity index (χ1) is 13.5. The molecule has 0 N–H and O–H groups in total. The fourth-order valence-corrected chi connectivity index (χ4v) is 4.45. The molecule has 2 fully saturated rings. The molecule has 2 saturated heterocycles. The Bertz CT molecular complexity index is 935. The molecule has 2 aromatic rings. The molecule has 0 aliphatic carbocycles. The van der Waals surface area contributed by atoms with Crippen LogP contribution in [0.1, 0.15) is 24.0 Å². The normalized spacial score (nSPS) is 18.6. The summed E-state index contributed by atoms with van der Waals surface area (Å²) < 4.78 is 14.0. The molecule has 0 unspecified atom stereocenters. The number of nitrogens with zero attached hydrogens (tertiary/aromatic N) is 2. The zero-order chi connectivity index (χ0) is 19.7. The summed E-state index contributed by atoms with van der Waals surface area (Å²) in [6.07, 6.45) is 4.11. The smallest absolute Gasteiger partial charge is 0.293 e. The topological polar surface area (TPSA) is 40.6 Å². The molecule has 0 atom stereocenters. The van der Waals surface area contributed by atoms with Gasteiger partial charge in [-0.1, -0.05) is 29.8 Å². The van der Waals surface area contributed by atoms with Crippen LogP contribution >= 0.6 is 23.4 Å². The van der Waals surface area contributed by atoms with Gasteiger partial charge in [0.05, 0.1) is 11.4 Å². The van der Waals surface area contributed by atoms with Crippen molar-refractivity contribution in [2.75, 3.05) is 18.0 Å². The SMILES string of the molecule is O=C1S/C(=C/c2ccc(N3CCCC3)cc2)C(=O)N1Cc1c(F)cccc1Cl. The van der Waals surface area contributed by atoms with Gasteiger partial charge in [0, 0.05) is 29.4 Å². The Morgan fingerprint density at radius 3 is 2.46 bits per heavy atom. The second-order valence-electron chi connectivity index (χ2n) is 6.75. The Hall–Kier alpha value is -2.31. The highest BCUT2D eigenvalue weighted by Crippen LogP contribution is 2.35. The molecule has 2 aliphatic heterocycles. The first-order valence-electron chi connectivity index (χ1n) is 9.06. The van der Waals surface area contributed by atoms with Gasteiger partial charge in [-0.25, -0.2) is 4.39 Å². The van der Waals surface area contributed by atoms with Crippen LogP contribution in [0.2, 0.25) is 5.02 Å². The fraction of sp³-hybridized carbons (Fsp3) is 0.238. The van der Waals surface area contributed by atoms with Crippen molar-refractivity contribution in [3.63, 3.8) is 0 Å². The van der Waals surface area contributed by atoms with Crippen molar-refractivity contribution < 1.29 is 14.0 Å². The van der Waals surface area contributed by atoms with E-state index in [9.17, 15) is 14.0 Å². The molecule has 144 valence electrons. The number of hydrogen-bond acceptors (Lipinski definition) is 4. The number of carbonyl (C=O) groups is 2. The Kier molecular flexibility index (Phi) is 5.42. The van der Waals surface area contributed by atoms with Crippen LogP contribution in [0.15, 0.2) is 47.4 Å². The van der Waals surface area contributed by atoms with Crippen molar-refractivity contribution in [3.8, 4) is 0 Å². The van der Waals surface area contributed by atoms with Crippen LogP contribution in [0, 0.1) is 5.82 Å². The molecule has 2 heterocycles. The lowest BCUT2D eigenvalue weighted by Crippen LogP contribution is -2.28. The van der Waals surface area contributed by atoms with Crippen molar-refractivity contribution in [3.05, 3.63) is 69.3 Å². The molecule has 7 heteroatoms. The first kappa shape index (κ1) is 19.0. The van der Waals surface area contributed by atoms with Crippen molar-refractivity contribution in [1.82, 2.24) is 4.90 Å². The van der Waals surface area contributed by atoms with Crippen molar-refractivity contribution in [2.24, 2.45) is 0 Å². The minimum atomic E-state index is -0.534. The molecule has 4 rings (SSSR count). The summed E-state index contributed by atoms with van der Waals surface area (Å²) in [5.41, 5.74) is 2.15. The molecule has 0 aromatic heterocycles. The lowest BCUT2D eigenvalue weighted by atomic mass is 10.1. The van der Waals surface area contributed by atoms with E-state index in [0.717, 1.165) is 41.0 Å². The molecule has 2 aromatic carbocycles. The van der Waals surface area contributed by atoms with Crippen molar-refractivity contribution in [1.29, 1.82) is 0 Å². The second kappa shape index (κ2) is 7.97. The number of benzene rings is 2.